The van der Waals surface area contributed by atoms with Gasteiger partial charge in [0.2, 0.25) is 0 Å². The van der Waals surface area contributed by atoms with Crippen molar-refractivity contribution in [3.8, 4) is 11.5 Å². The van der Waals surface area contributed by atoms with Crippen LogP contribution in [0.15, 0.2) is 72.3 Å². The second kappa shape index (κ2) is 11.4. The highest BCUT2D eigenvalue weighted by Gasteiger charge is 2.47. The van der Waals surface area contributed by atoms with Gasteiger partial charge in [-0.15, -0.1) is 0 Å². The summed E-state index contributed by atoms with van der Waals surface area (Å²) in [5.41, 5.74) is 3.80. The summed E-state index contributed by atoms with van der Waals surface area (Å²) in [7, 11) is 1.60. The highest BCUT2D eigenvalue weighted by Crippen LogP contribution is 2.43. The van der Waals surface area contributed by atoms with Crippen LogP contribution in [-0.4, -0.2) is 30.0 Å². The second-order valence-electron chi connectivity index (χ2n) is 10.8. The topological polar surface area (TPSA) is 76.1 Å². The number of carbonyl (C=O) groups excluding carboxylic acids is 2. The summed E-state index contributed by atoms with van der Waals surface area (Å²) in [4.78, 5) is 28.6. The number of amides is 1. The summed E-state index contributed by atoms with van der Waals surface area (Å²) in [5.74, 6) is 0.205. The number of ketones is 1. The van der Waals surface area contributed by atoms with Gasteiger partial charge in [-0.05, 0) is 84.8 Å². The second-order valence-corrected chi connectivity index (χ2v) is 10.8. The van der Waals surface area contributed by atoms with Gasteiger partial charge >= 0.3 is 0 Å². The third-order valence-corrected chi connectivity index (χ3v) is 6.98. The Balaban J connectivity index is 1.90. The Bertz CT molecular complexity index is 1380. The molecule has 6 heteroatoms. The molecule has 0 aliphatic carbocycles. The molecular weight excluding hydrogens is 490 g/mol. The fourth-order valence-corrected chi connectivity index (χ4v) is 4.92. The van der Waals surface area contributed by atoms with Gasteiger partial charge in [0.1, 0.15) is 17.3 Å². The molecule has 1 heterocycles. The van der Waals surface area contributed by atoms with Crippen molar-refractivity contribution in [1.29, 1.82) is 0 Å². The van der Waals surface area contributed by atoms with Gasteiger partial charge in [0, 0.05) is 11.3 Å². The summed E-state index contributed by atoms with van der Waals surface area (Å²) >= 11 is 0. The summed E-state index contributed by atoms with van der Waals surface area (Å²) in [6.45, 7) is 12.2. The average molecular weight is 528 g/mol. The molecule has 1 unspecified atom stereocenters. The molecule has 1 atom stereocenters. The Labute approximate surface area is 230 Å². The molecule has 0 saturated carbocycles. The first-order valence-corrected chi connectivity index (χ1v) is 13.4. The lowest BCUT2D eigenvalue weighted by molar-refractivity contribution is -0.132. The number of anilines is 1. The van der Waals surface area contributed by atoms with E-state index in [1.54, 1.807) is 19.2 Å². The molecule has 39 heavy (non-hydrogen) atoms. The quantitative estimate of drug-likeness (QED) is 0.188. The molecule has 1 N–H and O–H groups in total. The molecule has 1 amide bonds. The Hall–Kier alpha value is -4.06. The van der Waals surface area contributed by atoms with E-state index >= 15 is 0 Å². The first-order chi connectivity index (χ1) is 18.5. The van der Waals surface area contributed by atoms with E-state index in [0.717, 1.165) is 11.1 Å². The number of aliphatic hydroxyl groups excluding tert-OH is 1. The zero-order chi connectivity index (χ0) is 28.4. The van der Waals surface area contributed by atoms with Crippen molar-refractivity contribution in [2.24, 2.45) is 0 Å². The van der Waals surface area contributed by atoms with Crippen LogP contribution in [0.3, 0.4) is 0 Å². The van der Waals surface area contributed by atoms with E-state index in [-0.39, 0.29) is 23.4 Å². The number of hydrogen-bond donors (Lipinski definition) is 1. The largest absolute Gasteiger partial charge is 0.507 e. The number of methoxy groups -OCH3 is 1. The van der Waals surface area contributed by atoms with Crippen LogP contribution >= 0.6 is 0 Å². The van der Waals surface area contributed by atoms with Gasteiger partial charge in [-0.1, -0.05) is 52.0 Å². The van der Waals surface area contributed by atoms with Crippen molar-refractivity contribution >= 4 is 23.1 Å². The zero-order valence-corrected chi connectivity index (χ0v) is 23.7. The minimum Gasteiger partial charge on any atom is -0.507 e. The van der Waals surface area contributed by atoms with Crippen LogP contribution in [0.4, 0.5) is 5.69 Å². The number of aliphatic hydroxyl groups is 1. The predicted octanol–water partition coefficient (Wildman–Crippen LogP) is 7.36. The van der Waals surface area contributed by atoms with Crippen molar-refractivity contribution < 1.29 is 24.2 Å². The molecule has 1 fully saturated rings. The minimum absolute atomic E-state index is 0.00572. The maximum atomic E-state index is 13.6. The molecule has 0 spiro atoms. The number of Topliss-reactive ketones (excluding diaryl/α,β-unsaturated/α-hetero) is 1. The number of rotatable bonds is 8. The Morgan fingerprint density at radius 2 is 1.49 bits per heavy atom. The van der Waals surface area contributed by atoms with E-state index < -0.39 is 17.7 Å². The highest BCUT2D eigenvalue weighted by molar-refractivity contribution is 6.51. The monoisotopic (exact) mass is 527 g/mol. The number of ether oxygens (including phenoxy) is 2. The van der Waals surface area contributed by atoms with Crippen LogP contribution < -0.4 is 14.4 Å². The number of hydrogen-bond acceptors (Lipinski definition) is 5. The molecule has 0 aromatic heterocycles. The van der Waals surface area contributed by atoms with Crippen LogP contribution in [-0.2, 0) is 9.59 Å². The van der Waals surface area contributed by atoms with Crippen LogP contribution in [0, 0.1) is 0 Å². The summed E-state index contributed by atoms with van der Waals surface area (Å²) in [5, 5.41) is 11.6. The average Bonchev–Trinajstić information content (AvgIpc) is 3.18. The molecule has 204 valence electrons. The van der Waals surface area contributed by atoms with Crippen molar-refractivity contribution in [3.05, 3.63) is 94.6 Å². The summed E-state index contributed by atoms with van der Waals surface area (Å²) < 4.78 is 11.3. The van der Waals surface area contributed by atoms with Gasteiger partial charge < -0.3 is 14.6 Å². The van der Waals surface area contributed by atoms with E-state index in [0.29, 0.717) is 34.2 Å². The maximum absolute atomic E-state index is 13.6. The van der Waals surface area contributed by atoms with Crippen molar-refractivity contribution in [2.75, 3.05) is 12.0 Å². The lowest BCUT2D eigenvalue weighted by Crippen LogP contribution is -2.29. The third-order valence-electron chi connectivity index (χ3n) is 6.98. The van der Waals surface area contributed by atoms with Crippen molar-refractivity contribution in [2.45, 2.75) is 65.5 Å². The fraction of sp³-hybridized carbons (Fsp3) is 0.333. The van der Waals surface area contributed by atoms with Gasteiger partial charge in [-0.25, -0.2) is 0 Å². The smallest absolute Gasteiger partial charge is 0.300 e. The molecule has 0 bridgehead atoms. The summed E-state index contributed by atoms with van der Waals surface area (Å²) in [6.07, 6.45) is 0.00572. The Kier molecular flexibility index (Phi) is 8.14. The lowest BCUT2D eigenvalue weighted by atomic mass is 9.93. The number of carbonyl (C=O) groups is 2. The molecule has 1 saturated heterocycles. The Morgan fingerprint density at radius 1 is 0.846 bits per heavy atom. The van der Waals surface area contributed by atoms with Crippen LogP contribution in [0.2, 0.25) is 0 Å². The van der Waals surface area contributed by atoms with Gasteiger partial charge in [-0.3, -0.25) is 14.5 Å². The van der Waals surface area contributed by atoms with Crippen LogP contribution in [0.5, 0.6) is 11.5 Å². The molecule has 4 rings (SSSR count). The first kappa shape index (κ1) is 28.0. The SMILES string of the molecule is COc1ccc(/C(O)=C2/C(=O)C(=O)N(c3ccc(C(C)C)cc3)C2c2ccc(OC(C)C)cc2)cc1C(C)C. The number of nitrogens with zero attached hydrogens (tertiary/aromatic N) is 1. The van der Waals surface area contributed by atoms with E-state index in [1.807, 2.05) is 82.3 Å². The fourth-order valence-electron chi connectivity index (χ4n) is 4.92. The van der Waals surface area contributed by atoms with Crippen LogP contribution in [0.25, 0.3) is 5.76 Å². The van der Waals surface area contributed by atoms with Crippen molar-refractivity contribution in [1.82, 2.24) is 0 Å². The first-order valence-electron chi connectivity index (χ1n) is 13.4. The maximum Gasteiger partial charge on any atom is 0.300 e. The van der Waals surface area contributed by atoms with E-state index in [2.05, 4.69) is 13.8 Å². The zero-order valence-electron chi connectivity index (χ0n) is 23.7. The third kappa shape index (κ3) is 5.56. The molecule has 1 aliphatic heterocycles. The molecule has 6 nitrogen and oxygen atoms in total. The molecule has 1 aliphatic rings. The van der Waals surface area contributed by atoms with E-state index in [1.165, 1.54) is 4.90 Å². The number of benzene rings is 3. The van der Waals surface area contributed by atoms with Crippen molar-refractivity contribution in [3.63, 3.8) is 0 Å². The molecular formula is C33H37NO5. The minimum atomic E-state index is -0.812. The van der Waals surface area contributed by atoms with Gasteiger partial charge in [-0.2, -0.15) is 0 Å². The van der Waals surface area contributed by atoms with E-state index in [9.17, 15) is 14.7 Å². The molecule has 3 aromatic carbocycles. The van der Waals surface area contributed by atoms with E-state index in [4.69, 9.17) is 9.47 Å². The predicted molar refractivity (Wildman–Crippen MR) is 155 cm³/mol. The van der Waals surface area contributed by atoms with Gasteiger partial charge in [0.15, 0.2) is 0 Å². The standard InChI is InChI=1S/C33H37NO5/c1-19(2)22-8-13-25(14-9-22)34-30(23-10-15-26(16-11-23)39-21(5)6)29(32(36)33(34)37)31(35)24-12-17-28(38-7)27(18-24)20(3)4/h8-21,30,35H,1-7H3/b31-29-. The van der Waals surface area contributed by atoms with Crippen LogP contribution in [0.1, 0.15) is 81.7 Å². The van der Waals surface area contributed by atoms with Gasteiger partial charge in [0.25, 0.3) is 11.7 Å². The molecule has 0 radical (unpaired) electrons. The van der Waals surface area contributed by atoms with Gasteiger partial charge in [0.05, 0.1) is 24.8 Å². The Morgan fingerprint density at radius 3 is 2.03 bits per heavy atom. The lowest BCUT2D eigenvalue weighted by Gasteiger charge is -2.26. The highest BCUT2D eigenvalue weighted by atomic mass is 16.5. The summed E-state index contributed by atoms with van der Waals surface area (Å²) in [6, 6.07) is 19.5. The normalized spacial score (nSPS) is 17.0. The molecule has 3 aromatic rings.